The third-order valence-electron chi connectivity index (χ3n) is 5.15. The Kier molecular flexibility index (Phi) is 4.94. The highest BCUT2D eigenvalue weighted by atomic mass is 19.1. The Morgan fingerprint density at radius 3 is 2.84 bits per heavy atom. The molecule has 0 saturated heterocycles. The van der Waals surface area contributed by atoms with Gasteiger partial charge in [0, 0.05) is 11.7 Å². The average molecular weight is 349 g/mol. The Morgan fingerprint density at radius 1 is 1.48 bits per heavy atom. The molecule has 0 spiro atoms. The van der Waals surface area contributed by atoms with Crippen LogP contribution in [0.2, 0.25) is 0 Å². The van der Waals surface area contributed by atoms with Crippen LogP contribution in [0.4, 0.5) is 14.9 Å². The van der Waals surface area contributed by atoms with E-state index in [2.05, 4.69) is 10.6 Å². The number of rotatable bonds is 3. The average Bonchev–Trinajstić information content (AvgIpc) is 2.68. The number of urea groups is 1. The van der Waals surface area contributed by atoms with Gasteiger partial charge in [0.05, 0.1) is 12.6 Å². The minimum absolute atomic E-state index is 0.0445. The van der Waals surface area contributed by atoms with E-state index in [0.717, 1.165) is 6.42 Å². The maximum atomic E-state index is 13.6. The van der Waals surface area contributed by atoms with Gasteiger partial charge in [0.25, 0.3) is 0 Å². The molecule has 0 aromatic heterocycles. The number of benzene rings is 1. The van der Waals surface area contributed by atoms with Crippen LogP contribution in [0.3, 0.4) is 0 Å². The van der Waals surface area contributed by atoms with Gasteiger partial charge < -0.3 is 20.6 Å². The smallest absolute Gasteiger partial charge is 0.318 e. The largest absolute Gasteiger partial charge is 0.393 e. The maximum absolute atomic E-state index is 13.6. The third kappa shape index (κ3) is 3.61. The fraction of sp³-hybridized carbons (Fsp3) is 0.556. The summed E-state index contributed by atoms with van der Waals surface area (Å²) in [4.78, 5) is 27.0. The van der Waals surface area contributed by atoms with Crippen molar-refractivity contribution in [3.05, 3.63) is 29.6 Å². The Labute approximate surface area is 146 Å². The molecule has 136 valence electrons. The fourth-order valence-corrected chi connectivity index (χ4v) is 3.40. The van der Waals surface area contributed by atoms with Crippen LogP contribution in [0.15, 0.2) is 18.2 Å². The Balaban J connectivity index is 1.88. The van der Waals surface area contributed by atoms with Gasteiger partial charge in [0.2, 0.25) is 5.91 Å². The molecular weight excluding hydrogens is 325 g/mol. The van der Waals surface area contributed by atoms with Gasteiger partial charge in [-0.2, -0.15) is 0 Å². The molecule has 1 aromatic rings. The summed E-state index contributed by atoms with van der Waals surface area (Å²) in [6.07, 6.45) is 1.39. The number of hydrogen-bond acceptors (Lipinski definition) is 3. The monoisotopic (exact) mass is 349 g/mol. The molecule has 0 radical (unpaired) electrons. The Bertz CT molecular complexity index is 676. The lowest BCUT2D eigenvalue weighted by Gasteiger charge is -2.37. The molecule has 2 atom stereocenters. The predicted molar refractivity (Wildman–Crippen MR) is 91.4 cm³/mol. The van der Waals surface area contributed by atoms with Crippen LogP contribution < -0.4 is 10.6 Å². The van der Waals surface area contributed by atoms with Crippen molar-refractivity contribution in [2.24, 2.45) is 5.92 Å². The third-order valence-corrected chi connectivity index (χ3v) is 5.15. The number of anilines is 1. The van der Waals surface area contributed by atoms with Crippen molar-refractivity contribution in [2.45, 2.75) is 57.8 Å². The molecule has 1 fully saturated rings. The summed E-state index contributed by atoms with van der Waals surface area (Å²) in [5.41, 5.74) is 1.11. The first kappa shape index (κ1) is 17.7. The molecule has 6 nitrogen and oxygen atoms in total. The summed E-state index contributed by atoms with van der Waals surface area (Å²) in [6, 6.07) is 3.10. The topological polar surface area (TPSA) is 81.7 Å². The first-order valence-corrected chi connectivity index (χ1v) is 8.73. The van der Waals surface area contributed by atoms with Crippen molar-refractivity contribution in [3.63, 3.8) is 0 Å². The van der Waals surface area contributed by atoms with Crippen LogP contribution >= 0.6 is 0 Å². The molecule has 2 aliphatic rings. The zero-order chi connectivity index (χ0) is 18.1. The molecule has 7 heteroatoms. The van der Waals surface area contributed by atoms with Crippen molar-refractivity contribution >= 4 is 17.6 Å². The lowest BCUT2D eigenvalue weighted by atomic mass is 9.89. The lowest BCUT2D eigenvalue weighted by Crippen LogP contribution is -2.56. The Morgan fingerprint density at radius 2 is 2.20 bits per heavy atom. The molecule has 3 rings (SSSR count). The van der Waals surface area contributed by atoms with Crippen molar-refractivity contribution in [1.82, 2.24) is 10.2 Å². The highest BCUT2D eigenvalue weighted by Crippen LogP contribution is 2.28. The van der Waals surface area contributed by atoms with Crippen molar-refractivity contribution in [1.29, 1.82) is 0 Å². The second-order valence-corrected chi connectivity index (χ2v) is 7.02. The second kappa shape index (κ2) is 7.00. The van der Waals surface area contributed by atoms with Crippen LogP contribution in [-0.2, 0) is 11.3 Å². The molecule has 1 aromatic carbocycles. The van der Waals surface area contributed by atoms with Gasteiger partial charge in [0.1, 0.15) is 11.9 Å². The molecule has 0 unspecified atom stereocenters. The zero-order valence-corrected chi connectivity index (χ0v) is 14.5. The number of amides is 3. The number of nitrogens with zero attached hydrogens (tertiary/aromatic N) is 1. The molecular formula is C18H24FN3O3. The maximum Gasteiger partial charge on any atom is 0.318 e. The number of aliphatic hydroxyl groups excluding tert-OH is 1. The van der Waals surface area contributed by atoms with Crippen LogP contribution in [0.25, 0.3) is 0 Å². The summed E-state index contributed by atoms with van der Waals surface area (Å²) in [7, 11) is 0. The van der Waals surface area contributed by atoms with Crippen molar-refractivity contribution < 1.29 is 19.1 Å². The highest BCUT2D eigenvalue weighted by Gasteiger charge is 2.38. The quantitative estimate of drug-likeness (QED) is 0.783. The number of nitrogens with one attached hydrogen (secondary N) is 2. The van der Waals surface area contributed by atoms with Gasteiger partial charge in [-0.25, -0.2) is 9.18 Å². The summed E-state index contributed by atoms with van der Waals surface area (Å²) >= 11 is 0. The summed E-state index contributed by atoms with van der Waals surface area (Å²) < 4.78 is 13.6. The van der Waals surface area contributed by atoms with Gasteiger partial charge in [0.15, 0.2) is 0 Å². The van der Waals surface area contributed by atoms with Gasteiger partial charge in [-0.1, -0.05) is 20.3 Å². The molecule has 0 bridgehead atoms. The number of carbonyl (C=O) groups excluding carboxylic acids is 2. The van der Waals surface area contributed by atoms with Gasteiger partial charge in [-0.05, 0) is 42.5 Å². The minimum atomic E-state index is -0.634. The van der Waals surface area contributed by atoms with Crippen LogP contribution in [0.5, 0.6) is 0 Å². The Hall–Kier alpha value is -2.15. The molecule has 25 heavy (non-hydrogen) atoms. The van der Waals surface area contributed by atoms with Gasteiger partial charge >= 0.3 is 6.03 Å². The normalized spacial score (nSPS) is 26.8. The van der Waals surface area contributed by atoms with Gasteiger partial charge in [-0.3, -0.25) is 4.79 Å². The molecule has 1 aliphatic heterocycles. The van der Waals surface area contributed by atoms with E-state index < -0.39 is 11.9 Å². The lowest BCUT2D eigenvalue weighted by molar-refractivity contribution is -0.122. The molecule has 3 amide bonds. The summed E-state index contributed by atoms with van der Waals surface area (Å²) in [5, 5.41) is 15.1. The predicted octanol–water partition coefficient (Wildman–Crippen LogP) is 2.23. The molecule has 1 saturated carbocycles. The van der Waals surface area contributed by atoms with Crippen LogP contribution in [0, 0.1) is 11.7 Å². The van der Waals surface area contributed by atoms with E-state index in [4.69, 9.17) is 0 Å². The molecule has 3 N–H and O–H groups in total. The number of aliphatic hydroxyl groups is 1. The number of hydrogen-bond donors (Lipinski definition) is 3. The highest BCUT2D eigenvalue weighted by molar-refractivity contribution is 5.98. The second-order valence-electron chi connectivity index (χ2n) is 7.02. The first-order chi connectivity index (χ1) is 11.9. The van der Waals surface area contributed by atoms with E-state index in [1.165, 1.54) is 23.1 Å². The zero-order valence-electron chi connectivity index (χ0n) is 14.5. The SMILES string of the molecule is CC[C@H](C)[C@H]1C(=O)Nc2ccc(F)cc2CN1C(=O)NC1CC(O)C1. The minimum Gasteiger partial charge on any atom is -0.393 e. The van der Waals surface area contributed by atoms with E-state index in [0.29, 0.717) is 24.1 Å². The molecule has 1 aliphatic carbocycles. The summed E-state index contributed by atoms with van der Waals surface area (Å²) in [6.45, 7) is 4.05. The van der Waals surface area contributed by atoms with Crippen molar-refractivity contribution in [2.75, 3.05) is 5.32 Å². The summed E-state index contributed by atoms with van der Waals surface area (Å²) in [5.74, 6) is -0.710. The molecule has 1 heterocycles. The number of halogens is 1. The first-order valence-electron chi connectivity index (χ1n) is 8.73. The number of carbonyl (C=O) groups is 2. The van der Waals surface area contributed by atoms with Gasteiger partial charge in [-0.15, -0.1) is 0 Å². The van der Waals surface area contributed by atoms with E-state index in [9.17, 15) is 19.1 Å². The standard InChI is InChI=1S/C18H24FN3O3/c1-3-10(2)16-17(24)21-15-5-4-12(19)6-11(15)9-22(16)18(25)20-13-7-14(23)8-13/h4-6,10,13-14,16,23H,3,7-9H2,1-2H3,(H,20,25)(H,21,24)/t10-,13?,14?,16-/m0/s1. The van der Waals surface area contributed by atoms with E-state index >= 15 is 0 Å². The van der Waals surface area contributed by atoms with Crippen LogP contribution in [-0.4, -0.2) is 40.1 Å². The fourth-order valence-electron chi connectivity index (χ4n) is 3.40. The number of fused-ring (bicyclic) bond motifs is 1. The van der Waals surface area contributed by atoms with E-state index in [1.54, 1.807) is 0 Å². The van der Waals surface area contributed by atoms with E-state index in [1.807, 2.05) is 13.8 Å². The van der Waals surface area contributed by atoms with E-state index in [-0.39, 0.29) is 36.5 Å². The van der Waals surface area contributed by atoms with Crippen LogP contribution in [0.1, 0.15) is 38.7 Å². The van der Waals surface area contributed by atoms with Crippen molar-refractivity contribution in [3.8, 4) is 0 Å².